The van der Waals surface area contributed by atoms with Crippen molar-refractivity contribution in [1.82, 2.24) is 4.90 Å². The monoisotopic (exact) mass is 391 g/mol. The predicted octanol–water partition coefficient (Wildman–Crippen LogP) is 6.00. The number of carbonyl (C=O) groups is 1. The van der Waals surface area contributed by atoms with Crippen molar-refractivity contribution in [3.05, 3.63) is 41.1 Å². The van der Waals surface area contributed by atoms with Gasteiger partial charge < -0.3 is 9.64 Å². The number of halogens is 1. The Balaban J connectivity index is 1.83. The molecule has 0 spiro atoms. The topological polar surface area (TPSA) is 29.5 Å². The zero-order valence-electron chi connectivity index (χ0n) is 17.3. The molecule has 27 heavy (non-hydrogen) atoms. The van der Waals surface area contributed by atoms with Gasteiger partial charge in [-0.3, -0.25) is 4.79 Å². The van der Waals surface area contributed by atoms with Gasteiger partial charge in [0, 0.05) is 42.2 Å². The lowest BCUT2D eigenvalue weighted by Crippen LogP contribution is -2.35. The summed E-state index contributed by atoms with van der Waals surface area (Å²) in [4.78, 5) is 13.8. The zero-order valence-corrected chi connectivity index (χ0v) is 18.1. The van der Waals surface area contributed by atoms with Gasteiger partial charge in [0.1, 0.15) is 11.5 Å². The van der Waals surface area contributed by atoms with E-state index in [0.717, 1.165) is 61.0 Å². The highest BCUT2D eigenvalue weighted by Crippen LogP contribution is 2.34. The molecule has 1 aliphatic heterocycles. The summed E-state index contributed by atoms with van der Waals surface area (Å²) in [5, 5.41) is 0.751. The Morgan fingerprint density at radius 1 is 1.26 bits per heavy atom. The van der Waals surface area contributed by atoms with Gasteiger partial charge in [0.15, 0.2) is 0 Å². The van der Waals surface area contributed by atoms with Crippen LogP contribution in [0.15, 0.2) is 30.5 Å². The molecule has 0 saturated carbocycles. The van der Waals surface area contributed by atoms with Crippen molar-refractivity contribution < 1.29 is 9.53 Å². The number of carbonyl (C=O) groups excluding carboxylic acids is 1. The number of benzene rings is 1. The molecule has 0 radical (unpaired) electrons. The number of hydrogen-bond donors (Lipinski definition) is 0. The first-order valence-corrected chi connectivity index (χ1v) is 10.5. The second kappa shape index (κ2) is 9.64. The number of rotatable bonds is 8. The molecule has 0 atom stereocenters. The van der Waals surface area contributed by atoms with Crippen LogP contribution in [0.3, 0.4) is 0 Å². The third-order valence-electron chi connectivity index (χ3n) is 5.37. The summed E-state index contributed by atoms with van der Waals surface area (Å²) in [5.74, 6) is 1.81. The molecule has 1 fully saturated rings. The van der Waals surface area contributed by atoms with Gasteiger partial charge in [-0.25, -0.2) is 0 Å². The van der Waals surface area contributed by atoms with E-state index < -0.39 is 0 Å². The first-order chi connectivity index (χ1) is 12.7. The van der Waals surface area contributed by atoms with Crippen molar-refractivity contribution in [2.24, 2.45) is 5.92 Å². The van der Waals surface area contributed by atoms with Crippen LogP contribution in [0.5, 0.6) is 5.75 Å². The molecule has 0 N–H and O–H groups in total. The summed E-state index contributed by atoms with van der Waals surface area (Å²) in [6, 6.07) is 5.90. The van der Waals surface area contributed by atoms with Crippen molar-refractivity contribution in [2.45, 2.75) is 65.2 Å². The van der Waals surface area contributed by atoms with Crippen LogP contribution in [0.4, 0.5) is 0 Å². The maximum absolute atomic E-state index is 11.5. The van der Waals surface area contributed by atoms with Crippen molar-refractivity contribution in [3.63, 3.8) is 0 Å². The molecule has 150 valence electrons. The fraction of sp³-hybridized carbons (Fsp3) is 0.609. The largest absolute Gasteiger partial charge is 0.493 e. The quantitative estimate of drug-likeness (QED) is 0.544. The Labute approximate surface area is 169 Å². The molecule has 2 rings (SSSR count). The van der Waals surface area contributed by atoms with Gasteiger partial charge in [-0.15, -0.1) is 0 Å². The van der Waals surface area contributed by atoms with E-state index in [2.05, 4.69) is 32.3 Å². The number of ketones is 1. The van der Waals surface area contributed by atoms with E-state index in [-0.39, 0.29) is 5.41 Å². The molecule has 0 unspecified atom stereocenters. The van der Waals surface area contributed by atoms with Crippen molar-refractivity contribution in [1.29, 1.82) is 0 Å². The number of hydrogen-bond acceptors (Lipinski definition) is 3. The van der Waals surface area contributed by atoms with Crippen LogP contribution < -0.4 is 4.74 Å². The van der Waals surface area contributed by atoms with Gasteiger partial charge in [-0.05, 0) is 48.8 Å². The maximum atomic E-state index is 11.5. The molecule has 0 amide bonds. The molecule has 1 aromatic rings. The molecule has 0 aromatic heterocycles. The third kappa shape index (κ3) is 6.57. The van der Waals surface area contributed by atoms with E-state index in [4.69, 9.17) is 16.3 Å². The second-order valence-electron chi connectivity index (χ2n) is 8.59. The number of Topliss-reactive ketones (excluding diaryl/α,β-unsaturated/α-hetero) is 1. The van der Waals surface area contributed by atoms with E-state index in [1.54, 1.807) is 0 Å². The normalized spacial score (nSPS) is 15.7. The predicted molar refractivity (Wildman–Crippen MR) is 114 cm³/mol. The fourth-order valence-corrected chi connectivity index (χ4v) is 3.63. The highest BCUT2D eigenvalue weighted by atomic mass is 35.5. The average molecular weight is 392 g/mol. The summed E-state index contributed by atoms with van der Waals surface area (Å²) in [6.45, 7) is 15.4. The molecule has 1 heterocycles. The van der Waals surface area contributed by atoms with Crippen molar-refractivity contribution >= 4 is 17.4 Å². The average Bonchev–Trinajstić information content (AvgIpc) is 2.64. The standard InChI is InChI=1S/C23H34ClNO2/c1-6-20(26)9-7-17(2)25-13-11-18(12-14-25)16-27-22-10-8-19(24)15-21(22)23(3,4)5/h8,10,15,18H,2,6-7,9,11-14,16H2,1,3-5H3. The van der Waals surface area contributed by atoms with Crippen molar-refractivity contribution in [2.75, 3.05) is 19.7 Å². The van der Waals surface area contributed by atoms with E-state index in [9.17, 15) is 4.79 Å². The number of piperidine rings is 1. The fourth-order valence-electron chi connectivity index (χ4n) is 3.46. The summed E-state index contributed by atoms with van der Waals surface area (Å²) in [6.07, 6.45) is 4.21. The number of nitrogens with zero attached hydrogens (tertiary/aromatic N) is 1. The number of ether oxygens (including phenoxy) is 1. The summed E-state index contributed by atoms with van der Waals surface area (Å²) in [5.41, 5.74) is 2.25. The lowest BCUT2D eigenvalue weighted by atomic mass is 9.86. The minimum Gasteiger partial charge on any atom is -0.493 e. The van der Waals surface area contributed by atoms with Crippen LogP contribution in [0.2, 0.25) is 5.02 Å². The first-order valence-electron chi connectivity index (χ1n) is 10.1. The molecular formula is C23H34ClNO2. The minimum absolute atomic E-state index is 0.00272. The van der Waals surface area contributed by atoms with Crippen LogP contribution in [0.1, 0.15) is 65.4 Å². The van der Waals surface area contributed by atoms with E-state index >= 15 is 0 Å². The van der Waals surface area contributed by atoms with Gasteiger partial charge in [-0.2, -0.15) is 0 Å². The maximum Gasteiger partial charge on any atom is 0.133 e. The lowest BCUT2D eigenvalue weighted by molar-refractivity contribution is -0.118. The van der Waals surface area contributed by atoms with Gasteiger partial charge in [0.25, 0.3) is 0 Å². The van der Waals surface area contributed by atoms with Gasteiger partial charge in [0.2, 0.25) is 0 Å². The van der Waals surface area contributed by atoms with Gasteiger partial charge in [0.05, 0.1) is 6.61 Å². The Morgan fingerprint density at radius 3 is 2.52 bits per heavy atom. The SMILES string of the molecule is C=C(CCC(=O)CC)N1CCC(COc2ccc(Cl)cc2C(C)(C)C)CC1. The third-order valence-corrected chi connectivity index (χ3v) is 5.61. The zero-order chi connectivity index (χ0) is 20.0. The summed E-state index contributed by atoms with van der Waals surface area (Å²) in [7, 11) is 0. The molecule has 1 aliphatic rings. The molecular weight excluding hydrogens is 358 g/mol. The summed E-state index contributed by atoms with van der Waals surface area (Å²) >= 11 is 6.18. The second-order valence-corrected chi connectivity index (χ2v) is 9.03. The van der Waals surface area contributed by atoms with E-state index in [1.165, 1.54) is 0 Å². The Morgan fingerprint density at radius 2 is 1.93 bits per heavy atom. The smallest absolute Gasteiger partial charge is 0.133 e. The molecule has 1 saturated heterocycles. The van der Waals surface area contributed by atoms with E-state index in [1.807, 2.05) is 25.1 Å². The molecule has 0 bridgehead atoms. The first kappa shape index (κ1) is 21.8. The highest BCUT2D eigenvalue weighted by Gasteiger charge is 2.23. The van der Waals surface area contributed by atoms with Gasteiger partial charge >= 0.3 is 0 Å². The number of allylic oxidation sites excluding steroid dienone is 1. The van der Waals surface area contributed by atoms with E-state index in [0.29, 0.717) is 24.5 Å². The minimum atomic E-state index is -0.00272. The Kier molecular flexibility index (Phi) is 7.79. The van der Waals surface area contributed by atoms with Crippen LogP contribution in [0.25, 0.3) is 0 Å². The Bertz CT molecular complexity index is 655. The van der Waals surface area contributed by atoms with Crippen LogP contribution in [-0.4, -0.2) is 30.4 Å². The van der Waals surface area contributed by atoms with Crippen LogP contribution in [-0.2, 0) is 10.2 Å². The Hall–Kier alpha value is -1.48. The number of likely N-dealkylation sites (tertiary alicyclic amines) is 1. The van der Waals surface area contributed by atoms with Crippen molar-refractivity contribution in [3.8, 4) is 5.75 Å². The molecule has 0 aliphatic carbocycles. The molecule has 1 aromatic carbocycles. The molecule has 3 nitrogen and oxygen atoms in total. The van der Waals surface area contributed by atoms with Gasteiger partial charge in [-0.1, -0.05) is 45.9 Å². The summed E-state index contributed by atoms with van der Waals surface area (Å²) < 4.78 is 6.20. The van der Waals surface area contributed by atoms with Crippen LogP contribution in [0, 0.1) is 5.92 Å². The molecule has 4 heteroatoms. The lowest BCUT2D eigenvalue weighted by Gasteiger charge is -2.35. The van der Waals surface area contributed by atoms with Crippen LogP contribution >= 0.6 is 11.6 Å². The highest BCUT2D eigenvalue weighted by molar-refractivity contribution is 6.30.